The highest BCUT2D eigenvalue weighted by Gasteiger charge is 2.24. The lowest BCUT2D eigenvalue weighted by molar-refractivity contribution is 0.278. The van der Waals surface area contributed by atoms with Crippen molar-refractivity contribution in [2.24, 2.45) is 5.92 Å². The molecule has 1 aliphatic rings. The average Bonchev–Trinajstić information content (AvgIpc) is 3.06. The van der Waals surface area contributed by atoms with Gasteiger partial charge in [0.2, 0.25) is 0 Å². The Morgan fingerprint density at radius 3 is 2.52 bits per heavy atom. The molecule has 1 N–H and O–H groups in total. The first-order valence-electron chi connectivity index (χ1n) is 10.5. The number of hydrogen-bond donors (Lipinski definition) is 1. The number of fused-ring (bicyclic) bond motifs is 1. The van der Waals surface area contributed by atoms with Crippen molar-refractivity contribution in [1.82, 2.24) is 9.55 Å². The molecule has 1 fully saturated rings. The molecule has 1 aliphatic carbocycles. The van der Waals surface area contributed by atoms with Crippen molar-refractivity contribution in [2.45, 2.75) is 52.0 Å². The average molecular weight is 457 g/mol. The van der Waals surface area contributed by atoms with Gasteiger partial charge < -0.3 is 14.4 Å². The van der Waals surface area contributed by atoms with Crippen molar-refractivity contribution in [3.05, 3.63) is 45.9 Å². The van der Waals surface area contributed by atoms with E-state index in [1.54, 1.807) is 7.11 Å². The summed E-state index contributed by atoms with van der Waals surface area (Å²) in [5, 5.41) is 9.73. The Hall–Kier alpha value is -1.85. The van der Waals surface area contributed by atoms with Crippen molar-refractivity contribution in [3.8, 4) is 17.1 Å². The SMILES string of the molecule is COc1cc(CC2CCC2)c(Br)c2nc(-c3ccc(C(C)C)cc3)n(CCO)c12. The van der Waals surface area contributed by atoms with Crippen LogP contribution in [-0.4, -0.2) is 28.4 Å². The molecule has 0 atom stereocenters. The van der Waals surface area contributed by atoms with Gasteiger partial charge in [0, 0.05) is 16.6 Å². The molecule has 0 radical (unpaired) electrons. The summed E-state index contributed by atoms with van der Waals surface area (Å²) in [6.45, 7) is 4.92. The number of hydrogen-bond acceptors (Lipinski definition) is 3. The summed E-state index contributed by atoms with van der Waals surface area (Å²) in [6, 6.07) is 10.7. The number of aromatic nitrogens is 2. The van der Waals surface area contributed by atoms with Crippen molar-refractivity contribution in [1.29, 1.82) is 0 Å². The van der Waals surface area contributed by atoms with Crippen LogP contribution in [0.1, 0.15) is 50.2 Å². The lowest BCUT2D eigenvalue weighted by atomic mass is 9.81. The maximum atomic E-state index is 9.73. The van der Waals surface area contributed by atoms with E-state index in [2.05, 4.69) is 64.7 Å². The lowest BCUT2D eigenvalue weighted by Crippen LogP contribution is -2.14. The fourth-order valence-electron chi connectivity index (χ4n) is 4.16. The van der Waals surface area contributed by atoms with Crippen molar-refractivity contribution in [2.75, 3.05) is 13.7 Å². The smallest absolute Gasteiger partial charge is 0.145 e. The van der Waals surface area contributed by atoms with E-state index in [-0.39, 0.29) is 6.61 Å². The molecule has 4 nitrogen and oxygen atoms in total. The van der Waals surface area contributed by atoms with Crippen LogP contribution < -0.4 is 4.74 Å². The van der Waals surface area contributed by atoms with Gasteiger partial charge >= 0.3 is 0 Å². The van der Waals surface area contributed by atoms with E-state index in [9.17, 15) is 5.11 Å². The molecule has 1 heterocycles. The van der Waals surface area contributed by atoms with Crippen LogP contribution in [0.3, 0.4) is 0 Å². The predicted molar refractivity (Wildman–Crippen MR) is 122 cm³/mol. The molecule has 29 heavy (non-hydrogen) atoms. The predicted octanol–water partition coefficient (Wildman–Crippen LogP) is 5.93. The molecule has 154 valence electrons. The second-order valence-corrected chi connectivity index (χ2v) is 9.13. The van der Waals surface area contributed by atoms with Gasteiger partial charge in [-0.1, -0.05) is 57.4 Å². The topological polar surface area (TPSA) is 47.3 Å². The third-order valence-electron chi connectivity index (χ3n) is 6.11. The summed E-state index contributed by atoms with van der Waals surface area (Å²) < 4.78 is 8.91. The molecule has 1 aromatic heterocycles. The first-order chi connectivity index (χ1) is 14.0. The Kier molecular flexibility index (Phi) is 5.98. The zero-order valence-corrected chi connectivity index (χ0v) is 19.0. The largest absolute Gasteiger partial charge is 0.494 e. The molecule has 2 aromatic carbocycles. The maximum absolute atomic E-state index is 9.73. The third kappa shape index (κ3) is 3.82. The Bertz CT molecular complexity index is 1000. The minimum atomic E-state index is 0.0487. The van der Waals surface area contributed by atoms with Crippen LogP contribution in [0.2, 0.25) is 0 Å². The van der Waals surface area contributed by atoms with Crippen molar-refractivity contribution in [3.63, 3.8) is 0 Å². The maximum Gasteiger partial charge on any atom is 0.145 e. The van der Waals surface area contributed by atoms with Gasteiger partial charge in [0.1, 0.15) is 22.6 Å². The van der Waals surface area contributed by atoms with E-state index in [1.165, 1.54) is 30.4 Å². The van der Waals surface area contributed by atoms with E-state index in [1.807, 2.05) is 0 Å². The van der Waals surface area contributed by atoms with Crippen LogP contribution in [-0.2, 0) is 13.0 Å². The first kappa shape index (κ1) is 20.4. The molecule has 0 saturated heterocycles. The fourth-order valence-corrected chi connectivity index (χ4v) is 4.72. The van der Waals surface area contributed by atoms with Gasteiger partial charge in [0.05, 0.1) is 13.7 Å². The van der Waals surface area contributed by atoms with Crippen LogP contribution in [0.15, 0.2) is 34.8 Å². The molecule has 0 amide bonds. The van der Waals surface area contributed by atoms with Crippen LogP contribution in [0, 0.1) is 5.92 Å². The van der Waals surface area contributed by atoms with Gasteiger partial charge in [-0.2, -0.15) is 0 Å². The van der Waals surface area contributed by atoms with E-state index >= 15 is 0 Å². The van der Waals surface area contributed by atoms with E-state index in [0.717, 1.165) is 45.0 Å². The number of benzene rings is 2. The molecule has 0 aliphatic heterocycles. The number of methoxy groups -OCH3 is 1. The number of imidazole rings is 1. The highest BCUT2D eigenvalue weighted by Crippen LogP contribution is 2.40. The second kappa shape index (κ2) is 8.49. The molecule has 3 aromatic rings. The molecule has 5 heteroatoms. The monoisotopic (exact) mass is 456 g/mol. The molecule has 1 saturated carbocycles. The van der Waals surface area contributed by atoms with E-state index < -0.39 is 0 Å². The van der Waals surface area contributed by atoms with E-state index in [0.29, 0.717) is 12.5 Å². The van der Waals surface area contributed by atoms with Crippen LogP contribution >= 0.6 is 15.9 Å². The fraction of sp³-hybridized carbons (Fsp3) is 0.458. The second-order valence-electron chi connectivity index (χ2n) is 8.34. The number of aliphatic hydroxyl groups excluding tert-OH is 1. The molecular formula is C24H29BrN2O2. The molecule has 4 rings (SSSR count). The van der Waals surface area contributed by atoms with Crippen LogP contribution in [0.25, 0.3) is 22.4 Å². The van der Waals surface area contributed by atoms with Crippen LogP contribution in [0.5, 0.6) is 5.75 Å². The zero-order chi connectivity index (χ0) is 20.5. The Morgan fingerprint density at radius 2 is 1.97 bits per heavy atom. The third-order valence-corrected chi connectivity index (χ3v) is 6.99. The van der Waals surface area contributed by atoms with Gasteiger partial charge in [-0.25, -0.2) is 4.98 Å². The molecule has 0 unspecified atom stereocenters. The Morgan fingerprint density at radius 1 is 1.24 bits per heavy atom. The van der Waals surface area contributed by atoms with Gasteiger partial charge in [0.15, 0.2) is 0 Å². The van der Waals surface area contributed by atoms with Gasteiger partial charge in [0.25, 0.3) is 0 Å². The minimum absolute atomic E-state index is 0.0487. The highest BCUT2D eigenvalue weighted by atomic mass is 79.9. The summed E-state index contributed by atoms with van der Waals surface area (Å²) in [5.74, 6) is 2.94. The number of halogens is 1. The number of aliphatic hydroxyl groups is 1. The first-order valence-corrected chi connectivity index (χ1v) is 11.3. The lowest BCUT2D eigenvalue weighted by Gasteiger charge is -2.26. The molecular weight excluding hydrogens is 428 g/mol. The van der Waals surface area contributed by atoms with Crippen LogP contribution in [0.4, 0.5) is 0 Å². The zero-order valence-electron chi connectivity index (χ0n) is 17.4. The van der Waals surface area contributed by atoms with E-state index in [4.69, 9.17) is 9.72 Å². The van der Waals surface area contributed by atoms with Crippen molar-refractivity contribution < 1.29 is 9.84 Å². The number of ether oxygens (including phenoxy) is 1. The molecule has 0 bridgehead atoms. The summed E-state index contributed by atoms with van der Waals surface area (Å²) >= 11 is 3.83. The quantitative estimate of drug-likeness (QED) is 0.478. The number of rotatable bonds is 7. The van der Waals surface area contributed by atoms with Gasteiger partial charge in [-0.15, -0.1) is 0 Å². The summed E-state index contributed by atoms with van der Waals surface area (Å²) in [4.78, 5) is 5.02. The molecule has 0 spiro atoms. The summed E-state index contributed by atoms with van der Waals surface area (Å²) in [6.07, 6.45) is 5.00. The Labute approximate surface area is 181 Å². The highest BCUT2D eigenvalue weighted by molar-refractivity contribution is 9.10. The Balaban J connectivity index is 1.87. The summed E-state index contributed by atoms with van der Waals surface area (Å²) in [7, 11) is 1.71. The normalized spacial score (nSPS) is 14.6. The number of nitrogens with zero attached hydrogens (tertiary/aromatic N) is 2. The van der Waals surface area contributed by atoms with Gasteiger partial charge in [-0.05, 0) is 51.4 Å². The van der Waals surface area contributed by atoms with Crippen molar-refractivity contribution >= 4 is 27.0 Å². The standard InChI is InChI=1S/C24H29BrN2O2/c1-15(2)17-7-9-18(10-8-17)24-26-22-21(25)19(13-16-5-4-6-16)14-20(29-3)23(22)27(24)11-12-28/h7-10,14-16,28H,4-6,11-13H2,1-3H3. The minimum Gasteiger partial charge on any atom is -0.494 e. The summed E-state index contributed by atoms with van der Waals surface area (Å²) in [5.41, 5.74) is 5.46. The van der Waals surface area contributed by atoms with Gasteiger partial charge in [-0.3, -0.25) is 0 Å².